The lowest BCUT2D eigenvalue weighted by molar-refractivity contribution is 0.200. The van der Waals surface area contributed by atoms with Gasteiger partial charge >= 0.3 is 0 Å². The second-order valence-electron chi connectivity index (χ2n) is 3.86. The van der Waals surface area contributed by atoms with Crippen LogP contribution in [0.25, 0.3) is 0 Å². The molecule has 0 amide bonds. The highest BCUT2D eigenvalue weighted by Gasteiger charge is 2.17. The number of hydrogen-bond donors (Lipinski definition) is 1. The molecule has 0 fully saturated rings. The fourth-order valence-corrected chi connectivity index (χ4v) is 1.93. The molecular formula is C11H16N2O. The van der Waals surface area contributed by atoms with E-state index in [0.717, 1.165) is 24.1 Å². The predicted molar refractivity (Wildman–Crippen MR) is 54.7 cm³/mol. The minimum Gasteiger partial charge on any atom is -0.382 e. The van der Waals surface area contributed by atoms with Crippen molar-refractivity contribution in [1.82, 2.24) is 9.55 Å². The second-order valence-corrected chi connectivity index (χ2v) is 3.86. The lowest BCUT2D eigenvalue weighted by atomic mass is 9.94. The Morgan fingerprint density at radius 3 is 2.93 bits per heavy atom. The minimum atomic E-state index is -0.456. The summed E-state index contributed by atoms with van der Waals surface area (Å²) in [7, 11) is 1.91. The largest absolute Gasteiger partial charge is 0.382 e. The van der Waals surface area contributed by atoms with Crippen LogP contribution in [0.1, 0.15) is 37.5 Å². The highest BCUT2D eigenvalue weighted by Crippen LogP contribution is 2.28. The first-order chi connectivity index (χ1) is 6.79. The van der Waals surface area contributed by atoms with Crippen LogP contribution in [0.4, 0.5) is 0 Å². The van der Waals surface area contributed by atoms with E-state index in [9.17, 15) is 5.11 Å². The molecule has 1 heterocycles. The molecule has 1 aliphatic carbocycles. The van der Waals surface area contributed by atoms with E-state index in [1.54, 1.807) is 12.5 Å². The fourth-order valence-electron chi connectivity index (χ4n) is 1.93. The summed E-state index contributed by atoms with van der Waals surface area (Å²) in [6, 6.07) is 0. The monoisotopic (exact) mass is 192 g/mol. The number of rotatable bonds is 2. The molecule has 0 saturated heterocycles. The van der Waals surface area contributed by atoms with Gasteiger partial charge < -0.3 is 9.67 Å². The van der Waals surface area contributed by atoms with Crippen LogP contribution in [-0.4, -0.2) is 14.7 Å². The van der Waals surface area contributed by atoms with Gasteiger partial charge in [0.1, 0.15) is 6.10 Å². The molecule has 0 bridgehead atoms. The predicted octanol–water partition coefficient (Wildman–Crippen LogP) is 1.95. The smallest absolute Gasteiger partial charge is 0.117 e. The summed E-state index contributed by atoms with van der Waals surface area (Å²) in [5.74, 6) is 0. The van der Waals surface area contributed by atoms with Gasteiger partial charge in [0.05, 0.1) is 18.2 Å². The van der Waals surface area contributed by atoms with E-state index >= 15 is 0 Å². The van der Waals surface area contributed by atoms with E-state index in [4.69, 9.17) is 0 Å². The Balaban J connectivity index is 2.19. The summed E-state index contributed by atoms with van der Waals surface area (Å²) < 4.78 is 1.88. The van der Waals surface area contributed by atoms with E-state index in [1.165, 1.54) is 12.8 Å². The minimum absolute atomic E-state index is 0.456. The molecule has 1 atom stereocenters. The van der Waals surface area contributed by atoms with Crippen molar-refractivity contribution >= 4 is 0 Å². The van der Waals surface area contributed by atoms with Crippen LogP contribution >= 0.6 is 0 Å². The zero-order valence-corrected chi connectivity index (χ0v) is 8.48. The third-order valence-electron chi connectivity index (χ3n) is 2.81. The molecule has 76 valence electrons. The summed E-state index contributed by atoms with van der Waals surface area (Å²) >= 11 is 0. The Bertz CT molecular complexity index is 341. The average Bonchev–Trinajstić information content (AvgIpc) is 2.65. The van der Waals surface area contributed by atoms with Crippen molar-refractivity contribution < 1.29 is 5.11 Å². The van der Waals surface area contributed by atoms with Gasteiger partial charge in [-0.2, -0.15) is 0 Å². The Morgan fingerprint density at radius 1 is 1.50 bits per heavy atom. The van der Waals surface area contributed by atoms with Gasteiger partial charge in [0.15, 0.2) is 0 Å². The molecular weight excluding hydrogens is 176 g/mol. The van der Waals surface area contributed by atoms with E-state index in [-0.39, 0.29) is 0 Å². The molecule has 0 saturated carbocycles. The van der Waals surface area contributed by atoms with Crippen LogP contribution in [0.2, 0.25) is 0 Å². The molecule has 3 heteroatoms. The molecule has 1 N–H and O–H groups in total. The van der Waals surface area contributed by atoms with Crippen LogP contribution in [0.5, 0.6) is 0 Å². The maximum absolute atomic E-state index is 10.1. The first-order valence-electron chi connectivity index (χ1n) is 5.12. The summed E-state index contributed by atoms with van der Waals surface area (Å²) in [5, 5.41) is 10.1. The fraction of sp³-hybridized carbons (Fsp3) is 0.545. The molecule has 1 aromatic rings. The van der Waals surface area contributed by atoms with Gasteiger partial charge in [0.2, 0.25) is 0 Å². The number of aromatic nitrogens is 2. The van der Waals surface area contributed by atoms with Gasteiger partial charge in [0, 0.05) is 7.05 Å². The lowest BCUT2D eigenvalue weighted by Gasteiger charge is -2.18. The van der Waals surface area contributed by atoms with Crippen LogP contribution in [-0.2, 0) is 7.05 Å². The molecule has 14 heavy (non-hydrogen) atoms. The molecule has 0 radical (unpaired) electrons. The second kappa shape index (κ2) is 3.96. The van der Waals surface area contributed by atoms with Crippen molar-refractivity contribution in [2.24, 2.45) is 7.05 Å². The molecule has 2 rings (SSSR count). The van der Waals surface area contributed by atoms with Crippen molar-refractivity contribution in [3.63, 3.8) is 0 Å². The van der Waals surface area contributed by atoms with Crippen molar-refractivity contribution in [2.45, 2.75) is 31.8 Å². The number of aryl methyl sites for hydroxylation is 1. The van der Waals surface area contributed by atoms with Crippen molar-refractivity contribution in [3.8, 4) is 0 Å². The maximum Gasteiger partial charge on any atom is 0.117 e. The highest BCUT2D eigenvalue weighted by atomic mass is 16.3. The number of aliphatic hydroxyl groups is 1. The van der Waals surface area contributed by atoms with E-state index in [1.807, 2.05) is 11.6 Å². The van der Waals surface area contributed by atoms with Gasteiger partial charge in [0.25, 0.3) is 0 Å². The van der Waals surface area contributed by atoms with Crippen molar-refractivity contribution in [3.05, 3.63) is 29.9 Å². The number of imidazole rings is 1. The lowest BCUT2D eigenvalue weighted by Crippen LogP contribution is -2.08. The Labute approximate surface area is 84.1 Å². The molecule has 0 spiro atoms. The maximum atomic E-state index is 10.1. The average molecular weight is 192 g/mol. The van der Waals surface area contributed by atoms with Crippen LogP contribution in [0.3, 0.4) is 0 Å². The third-order valence-corrected chi connectivity index (χ3v) is 2.81. The van der Waals surface area contributed by atoms with Crippen LogP contribution in [0, 0.1) is 0 Å². The number of allylic oxidation sites excluding steroid dienone is 1. The van der Waals surface area contributed by atoms with Gasteiger partial charge in [-0.3, -0.25) is 0 Å². The van der Waals surface area contributed by atoms with Crippen molar-refractivity contribution in [2.75, 3.05) is 0 Å². The molecule has 0 aliphatic heterocycles. The number of aliphatic hydroxyl groups excluding tert-OH is 1. The SMILES string of the molecule is Cn1cncc1C(O)C1=CCCCC1. The van der Waals surface area contributed by atoms with E-state index < -0.39 is 6.10 Å². The van der Waals surface area contributed by atoms with Gasteiger partial charge in [-0.1, -0.05) is 6.08 Å². The number of hydrogen-bond acceptors (Lipinski definition) is 2. The van der Waals surface area contributed by atoms with E-state index in [0.29, 0.717) is 0 Å². The van der Waals surface area contributed by atoms with Gasteiger partial charge in [-0.25, -0.2) is 4.98 Å². The summed E-state index contributed by atoms with van der Waals surface area (Å²) in [4.78, 5) is 4.01. The summed E-state index contributed by atoms with van der Waals surface area (Å²) in [6.07, 6.45) is 9.74. The Kier molecular flexibility index (Phi) is 2.68. The van der Waals surface area contributed by atoms with Crippen molar-refractivity contribution in [1.29, 1.82) is 0 Å². The topological polar surface area (TPSA) is 38.0 Å². The van der Waals surface area contributed by atoms with Gasteiger partial charge in [-0.05, 0) is 31.3 Å². The molecule has 1 aliphatic rings. The normalized spacial score (nSPS) is 19.1. The third kappa shape index (κ3) is 1.73. The standard InChI is InChI=1S/C11H16N2O/c1-13-8-12-7-10(13)11(14)9-5-3-2-4-6-9/h5,7-8,11,14H,2-4,6H2,1H3. The Morgan fingerprint density at radius 2 is 2.36 bits per heavy atom. The molecule has 1 unspecified atom stereocenters. The van der Waals surface area contributed by atoms with Crippen LogP contribution < -0.4 is 0 Å². The molecule has 3 nitrogen and oxygen atoms in total. The first-order valence-corrected chi connectivity index (χ1v) is 5.12. The highest BCUT2D eigenvalue weighted by molar-refractivity contribution is 5.19. The zero-order chi connectivity index (χ0) is 9.97. The molecule has 0 aromatic carbocycles. The summed E-state index contributed by atoms with van der Waals surface area (Å²) in [5.41, 5.74) is 2.04. The first kappa shape index (κ1) is 9.46. The van der Waals surface area contributed by atoms with Gasteiger partial charge in [-0.15, -0.1) is 0 Å². The number of nitrogens with zero attached hydrogens (tertiary/aromatic N) is 2. The summed E-state index contributed by atoms with van der Waals surface area (Å²) in [6.45, 7) is 0. The van der Waals surface area contributed by atoms with Crippen LogP contribution in [0.15, 0.2) is 24.2 Å². The zero-order valence-electron chi connectivity index (χ0n) is 8.48. The quantitative estimate of drug-likeness (QED) is 0.727. The van der Waals surface area contributed by atoms with E-state index in [2.05, 4.69) is 11.1 Å². The Hall–Kier alpha value is -1.09. The molecule has 1 aromatic heterocycles.